The molecule has 1 rings (SSSR count). The van der Waals surface area contributed by atoms with Crippen LogP contribution in [0.25, 0.3) is 0 Å². The van der Waals surface area contributed by atoms with Gasteiger partial charge in [-0.3, -0.25) is 4.79 Å². The molecule has 0 radical (unpaired) electrons. The van der Waals surface area contributed by atoms with Crippen LogP contribution in [0.1, 0.15) is 27.0 Å². The third kappa shape index (κ3) is 2.77. The summed E-state index contributed by atoms with van der Waals surface area (Å²) in [5, 5.41) is -1.46. The van der Waals surface area contributed by atoms with Gasteiger partial charge in [0.15, 0.2) is 0 Å². The van der Waals surface area contributed by atoms with Crippen molar-refractivity contribution >= 4 is 16.8 Å². The van der Waals surface area contributed by atoms with E-state index in [9.17, 15) is 31.1 Å². The van der Waals surface area contributed by atoms with E-state index in [1.807, 2.05) is 0 Å². The smallest absolute Gasteiger partial charge is 0.276 e. The minimum atomic E-state index is -5.09. The molecule has 0 unspecified atom stereocenters. The molecule has 0 aliphatic rings. The lowest BCUT2D eigenvalue weighted by Crippen LogP contribution is -2.18. The molecule has 8 heteroatoms. The molecule has 0 amide bonds. The molecule has 0 N–H and O–H groups in total. The first kappa shape index (κ1) is 14.8. The lowest BCUT2D eigenvalue weighted by molar-refractivity contribution is -0.144. The van der Waals surface area contributed by atoms with Gasteiger partial charge in [0.05, 0.1) is 11.1 Å². The first-order valence-corrected chi connectivity index (χ1v) is 4.82. The summed E-state index contributed by atoms with van der Waals surface area (Å²) >= 11 is 4.93. The molecular formula is C10H5ClF6O. The number of benzene rings is 1. The number of carbonyl (C=O) groups is 1. The largest absolute Gasteiger partial charge is 0.417 e. The Balaban J connectivity index is 3.67. The van der Waals surface area contributed by atoms with Crippen molar-refractivity contribution in [2.24, 2.45) is 0 Å². The van der Waals surface area contributed by atoms with Crippen LogP contribution in [0.4, 0.5) is 26.3 Å². The second kappa shape index (κ2) is 4.46. The van der Waals surface area contributed by atoms with Crippen LogP contribution in [0, 0.1) is 6.92 Å². The Labute approximate surface area is 102 Å². The van der Waals surface area contributed by atoms with Crippen molar-refractivity contribution in [3.05, 3.63) is 34.4 Å². The van der Waals surface area contributed by atoms with Gasteiger partial charge in [0.25, 0.3) is 5.24 Å². The van der Waals surface area contributed by atoms with Crippen molar-refractivity contribution in [2.75, 3.05) is 0 Å². The van der Waals surface area contributed by atoms with Gasteiger partial charge in [0.2, 0.25) is 0 Å². The maximum atomic E-state index is 12.7. The van der Waals surface area contributed by atoms with Gasteiger partial charge in [0, 0.05) is 5.56 Å². The number of rotatable bonds is 1. The minimum Gasteiger partial charge on any atom is -0.276 e. The maximum Gasteiger partial charge on any atom is 0.417 e. The summed E-state index contributed by atoms with van der Waals surface area (Å²) in [5.74, 6) is 0. The van der Waals surface area contributed by atoms with Crippen LogP contribution in [0.2, 0.25) is 0 Å². The summed E-state index contributed by atoms with van der Waals surface area (Å²) in [7, 11) is 0. The molecule has 100 valence electrons. The molecule has 1 aromatic carbocycles. The summed E-state index contributed by atoms with van der Waals surface area (Å²) in [6.07, 6.45) is -10.0. The lowest BCUT2D eigenvalue weighted by atomic mass is 9.96. The Hall–Kier alpha value is -1.24. The molecule has 0 aliphatic carbocycles. The first-order valence-electron chi connectivity index (χ1n) is 4.44. The molecule has 0 aliphatic heterocycles. The van der Waals surface area contributed by atoms with E-state index in [0.717, 1.165) is 0 Å². The number of alkyl halides is 6. The standard InChI is InChI=1S/C10H5ClF6O/c1-4-6(9(12,13)14)3-2-5(8(11)18)7(4)10(15,16)17/h2-3H,1H3. The Morgan fingerprint density at radius 2 is 1.56 bits per heavy atom. The predicted molar refractivity (Wildman–Crippen MR) is 51.4 cm³/mol. The van der Waals surface area contributed by atoms with Crippen molar-refractivity contribution in [3.63, 3.8) is 0 Å². The Morgan fingerprint density at radius 1 is 1.06 bits per heavy atom. The third-order valence-corrected chi connectivity index (χ3v) is 2.47. The highest BCUT2D eigenvalue weighted by Crippen LogP contribution is 2.41. The van der Waals surface area contributed by atoms with Crippen molar-refractivity contribution in [3.8, 4) is 0 Å². The number of carbonyl (C=O) groups excluding carboxylic acids is 1. The molecule has 0 aromatic heterocycles. The average Bonchev–Trinajstić information content (AvgIpc) is 2.12. The lowest BCUT2D eigenvalue weighted by Gasteiger charge is -2.18. The average molecular weight is 291 g/mol. The zero-order valence-corrected chi connectivity index (χ0v) is 9.46. The summed E-state index contributed by atoms with van der Waals surface area (Å²) in [5.41, 5.74) is -5.16. The fourth-order valence-electron chi connectivity index (χ4n) is 1.55. The predicted octanol–water partition coefficient (Wildman–Crippen LogP) is 4.41. The van der Waals surface area contributed by atoms with Crippen molar-refractivity contribution in [1.29, 1.82) is 0 Å². The molecule has 1 nitrogen and oxygen atoms in total. The van der Waals surface area contributed by atoms with E-state index in [1.54, 1.807) is 0 Å². The van der Waals surface area contributed by atoms with Crippen LogP contribution >= 0.6 is 11.6 Å². The molecule has 0 saturated carbocycles. The van der Waals surface area contributed by atoms with Crippen LogP contribution in [0.5, 0.6) is 0 Å². The van der Waals surface area contributed by atoms with E-state index >= 15 is 0 Å². The fraction of sp³-hybridized carbons (Fsp3) is 0.300. The van der Waals surface area contributed by atoms with Gasteiger partial charge in [0.1, 0.15) is 0 Å². The Kier molecular flexibility index (Phi) is 3.67. The topological polar surface area (TPSA) is 17.1 Å². The molecular weight excluding hydrogens is 286 g/mol. The van der Waals surface area contributed by atoms with Gasteiger partial charge in [-0.05, 0) is 36.2 Å². The molecule has 0 heterocycles. The minimum absolute atomic E-state index is 0.403. The zero-order chi connectivity index (χ0) is 14.3. The molecule has 0 fully saturated rings. The van der Waals surface area contributed by atoms with Crippen LogP contribution in [0.15, 0.2) is 12.1 Å². The molecule has 0 atom stereocenters. The molecule has 0 saturated heterocycles. The molecule has 1 aromatic rings. The van der Waals surface area contributed by atoms with Gasteiger partial charge in [-0.1, -0.05) is 0 Å². The van der Waals surface area contributed by atoms with Crippen molar-refractivity contribution in [1.82, 2.24) is 0 Å². The van der Waals surface area contributed by atoms with Crippen LogP contribution in [0.3, 0.4) is 0 Å². The molecule has 18 heavy (non-hydrogen) atoms. The van der Waals surface area contributed by atoms with Crippen molar-refractivity contribution in [2.45, 2.75) is 19.3 Å². The quantitative estimate of drug-likeness (QED) is 0.553. The number of hydrogen-bond donors (Lipinski definition) is 0. The summed E-state index contributed by atoms with van der Waals surface area (Å²) in [6, 6.07) is 0.828. The van der Waals surface area contributed by atoms with Gasteiger partial charge in [-0.25, -0.2) is 0 Å². The second-order valence-corrected chi connectivity index (χ2v) is 3.77. The van der Waals surface area contributed by atoms with Crippen LogP contribution in [-0.2, 0) is 12.4 Å². The van der Waals surface area contributed by atoms with E-state index in [1.165, 1.54) is 0 Å². The Morgan fingerprint density at radius 3 is 1.89 bits per heavy atom. The highest BCUT2D eigenvalue weighted by atomic mass is 35.5. The van der Waals surface area contributed by atoms with E-state index in [4.69, 9.17) is 11.6 Å². The monoisotopic (exact) mass is 290 g/mol. The number of hydrogen-bond acceptors (Lipinski definition) is 1. The highest BCUT2D eigenvalue weighted by molar-refractivity contribution is 6.68. The fourth-order valence-corrected chi connectivity index (χ4v) is 1.71. The maximum absolute atomic E-state index is 12.7. The van der Waals surface area contributed by atoms with Gasteiger partial charge in [-0.15, -0.1) is 0 Å². The molecule has 0 spiro atoms. The molecule has 0 bridgehead atoms. The first-order chi connectivity index (χ1) is 7.96. The van der Waals surface area contributed by atoms with Crippen LogP contribution in [-0.4, -0.2) is 5.24 Å². The normalized spacial score (nSPS) is 12.7. The summed E-state index contributed by atoms with van der Waals surface area (Å²) in [6.45, 7) is 0.648. The van der Waals surface area contributed by atoms with Crippen LogP contribution < -0.4 is 0 Å². The zero-order valence-electron chi connectivity index (χ0n) is 8.71. The second-order valence-electron chi connectivity index (χ2n) is 3.43. The van der Waals surface area contributed by atoms with E-state index in [2.05, 4.69) is 0 Å². The number of halogens is 7. The van der Waals surface area contributed by atoms with Gasteiger partial charge >= 0.3 is 12.4 Å². The van der Waals surface area contributed by atoms with E-state index in [-0.39, 0.29) is 0 Å². The third-order valence-electron chi connectivity index (χ3n) is 2.27. The van der Waals surface area contributed by atoms with Crippen molar-refractivity contribution < 1.29 is 31.1 Å². The summed E-state index contributed by atoms with van der Waals surface area (Å²) in [4.78, 5) is 10.8. The summed E-state index contributed by atoms with van der Waals surface area (Å²) < 4.78 is 75.4. The SMILES string of the molecule is Cc1c(C(F)(F)F)ccc(C(=O)Cl)c1C(F)(F)F. The van der Waals surface area contributed by atoms with E-state index < -0.39 is 39.8 Å². The van der Waals surface area contributed by atoms with Gasteiger partial charge in [-0.2, -0.15) is 26.3 Å². The highest BCUT2D eigenvalue weighted by Gasteiger charge is 2.41. The van der Waals surface area contributed by atoms with E-state index in [0.29, 0.717) is 19.1 Å². The van der Waals surface area contributed by atoms with Gasteiger partial charge < -0.3 is 0 Å². The Bertz CT molecular complexity index is 488.